The predicted molar refractivity (Wildman–Crippen MR) is 64.4 cm³/mol. The number of alkyl halides is 2. The van der Waals surface area contributed by atoms with Crippen molar-refractivity contribution < 1.29 is 28.5 Å². The van der Waals surface area contributed by atoms with Gasteiger partial charge in [0.15, 0.2) is 6.10 Å². The minimum absolute atomic E-state index is 0.186. The van der Waals surface area contributed by atoms with Crippen LogP contribution in [-0.2, 0) is 4.79 Å². The third kappa shape index (κ3) is 3.89. The monoisotopic (exact) mass is 274 g/mol. The first kappa shape index (κ1) is 15.4. The highest BCUT2D eigenvalue weighted by Crippen LogP contribution is 2.32. The molecule has 0 aromatic heterocycles. The van der Waals surface area contributed by atoms with Gasteiger partial charge in [-0.3, -0.25) is 0 Å². The molecule has 0 heterocycles. The number of carboxylic acids is 1. The number of hydrogen-bond donors (Lipinski definition) is 2. The zero-order valence-electron chi connectivity index (χ0n) is 10.9. The second-order valence-corrected chi connectivity index (χ2v) is 5.11. The Hall–Kier alpha value is -1.69. The number of aliphatic hydroxyl groups is 1. The van der Waals surface area contributed by atoms with Crippen molar-refractivity contribution in [2.75, 3.05) is 0 Å². The van der Waals surface area contributed by atoms with Gasteiger partial charge in [-0.15, -0.1) is 0 Å². The van der Waals surface area contributed by atoms with E-state index in [1.165, 1.54) is 24.3 Å². The molecule has 1 aromatic carbocycles. The van der Waals surface area contributed by atoms with Gasteiger partial charge in [-0.1, -0.05) is 12.1 Å². The van der Waals surface area contributed by atoms with Gasteiger partial charge in [-0.25, -0.2) is 4.79 Å². The molecule has 0 aliphatic rings. The average molecular weight is 274 g/mol. The summed E-state index contributed by atoms with van der Waals surface area (Å²) in [4.78, 5) is 10.4. The van der Waals surface area contributed by atoms with Crippen LogP contribution in [0, 0.1) is 0 Å². The van der Waals surface area contributed by atoms with Crippen LogP contribution in [0.3, 0.4) is 0 Å². The molecule has 4 nitrogen and oxygen atoms in total. The van der Waals surface area contributed by atoms with Gasteiger partial charge < -0.3 is 14.9 Å². The van der Waals surface area contributed by atoms with E-state index in [0.717, 1.165) is 0 Å². The Kier molecular flexibility index (Phi) is 4.15. The van der Waals surface area contributed by atoms with Gasteiger partial charge in [0.2, 0.25) is 0 Å². The highest BCUT2D eigenvalue weighted by atomic mass is 19.3. The Morgan fingerprint density at radius 3 is 2.05 bits per heavy atom. The lowest BCUT2D eigenvalue weighted by molar-refractivity contribution is -0.182. The maximum Gasteiger partial charge on any atom is 0.377 e. The highest BCUT2D eigenvalue weighted by Gasteiger charge is 2.47. The summed E-state index contributed by atoms with van der Waals surface area (Å²) in [7, 11) is 0. The van der Waals surface area contributed by atoms with Crippen molar-refractivity contribution in [3.8, 4) is 5.75 Å². The number of carbonyl (C=O) groups is 1. The van der Waals surface area contributed by atoms with Crippen molar-refractivity contribution in [1.82, 2.24) is 0 Å². The van der Waals surface area contributed by atoms with Crippen molar-refractivity contribution in [2.24, 2.45) is 0 Å². The van der Waals surface area contributed by atoms with E-state index in [9.17, 15) is 18.7 Å². The zero-order valence-corrected chi connectivity index (χ0v) is 10.9. The Bertz CT molecular complexity index is 449. The minimum Gasteiger partial charge on any atom is -0.488 e. The summed E-state index contributed by atoms with van der Waals surface area (Å²) in [5.74, 6) is -6.15. The normalized spacial score (nSPS) is 14.0. The standard InChI is InChI=1S/C13H16F2O4/c1-12(2,3)19-9-6-4-8(5-7-9)10(16)13(14,15)11(17)18/h4-7,10,16H,1-3H3,(H,17,18). The highest BCUT2D eigenvalue weighted by molar-refractivity contribution is 5.76. The summed E-state index contributed by atoms with van der Waals surface area (Å²) in [6.07, 6.45) is -2.39. The SMILES string of the molecule is CC(C)(C)Oc1ccc(C(O)C(F)(F)C(=O)O)cc1. The molecule has 1 aromatic rings. The predicted octanol–water partition coefficient (Wildman–Crippen LogP) is 2.62. The fraction of sp³-hybridized carbons (Fsp3) is 0.462. The maximum atomic E-state index is 13.1. The molecule has 0 fully saturated rings. The average Bonchev–Trinajstić information content (AvgIpc) is 2.26. The molecular weight excluding hydrogens is 258 g/mol. The van der Waals surface area contributed by atoms with Gasteiger partial charge in [0.1, 0.15) is 11.4 Å². The maximum absolute atomic E-state index is 13.1. The van der Waals surface area contributed by atoms with Crippen LogP contribution in [0.4, 0.5) is 8.78 Å². The third-order valence-electron chi connectivity index (χ3n) is 2.25. The lowest BCUT2D eigenvalue weighted by Crippen LogP contribution is -2.35. The lowest BCUT2D eigenvalue weighted by atomic mass is 10.0. The van der Waals surface area contributed by atoms with Crippen LogP contribution < -0.4 is 4.74 Å². The second kappa shape index (κ2) is 5.13. The molecule has 2 N–H and O–H groups in total. The van der Waals surface area contributed by atoms with E-state index in [-0.39, 0.29) is 5.56 Å². The first-order valence-electron chi connectivity index (χ1n) is 5.62. The number of halogens is 2. The largest absolute Gasteiger partial charge is 0.488 e. The van der Waals surface area contributed by atoms with Crippen molar-refractivity contribution in [2.45, 2.75) is 38.4 Å². The molecule has 1 unspecified atom stereocenters. The van der Waals surface area contributed by atoms with E-state index >= 15 is 0 Å². The summed E-state index contributed by atoms with van der Waals surface area (Å²) >= 11 is 0. The molecule has 106 valence electrons. The van der Waals surface area contributed by atoms with Gasteiger partial charge >= 0.3 is 11.9 Å². The van der Waals surface area contributed by atoms with E-state index in [0.29, 0.717) is 5.75 Å². The van der Waals surface area contributed by atoms with Gasteiger partial charge in [-0.05, 0) is 38.5 Å². The van der Waals surface area contributed by atoms with E-state index < -0.39 is 23.6 Å². The fourth-order valence-corrected chi connectivity index (χ4v) is 1.40. The number of hydrogen-bond acceptors (Lipinski definition) is 3. The Morgan fingerprint density at radius 2 is 1.68 bits per heavy atom. The molecule has 19 heavy (non-hydrogen) atoms. The first-order valence-corrected chi connectivity index (χ1v) is 5.62. The summed E-state index contributed by atoms with van der Waals surface area (Å²) < 4.78 is 31.7. The van der Waals surface area contributed by atoms with Gasteiger partial charge in [0, 0.05) is 0 Å². The summed E-state index contributed by atoms with van der Waals surface area (Å²) in [6.45, 7) is 5.48. The van der Waals surface area contributed by atoms with Crippen LogP contribution >= 0.6 is 0 Å². The summed E-state index contributed by atoms with van der Waals surface area (Å²) in [5, 5.41) is 17.7. The minimum atomic E-state index is -4.23. The smallest absolute Gasteiger partial charge is 0.377 e. The molecular formula is C13H16F2O4. The summed E-state index contributed by atoms with van der Waals surface area (Å²) in [6, 6.07) is 5.23. The lowest BCUT2D eigenvalue weighted by Gasteiger charge is -2.22. The molecule has 0 aliphatic carbocycles. The molecule has 1 rings (SSSR count). The van der Waals surface area contributed by atoms with Crippen LogP contribution in [0.15, 0.2) is 24.3 Å². The quantitative estimate of drug-likeness (QED) is 0.885. The molecule has 6 heteroatoms. The molecule has 0 amide bonds. The van der Waals surface area contributed by atoms with Crippen molar-refractivity contribution >= 4 is 5.97 Å². The number of carboxylic acid groups (broad SMARTS) is 1. The fourth-order valence-electron chi connectivity index (χ4n) is 1.40. The van der Waals surface area contributed by atoms with Crippen LogP contribution in [0.2, 0.25) is 0 Å². The number of benzene rings is 1. The van der Waals surface area contributed by atoms with Crippen molar-refractivity contribution in [3.05, 3.63) is 29.8 Å². The van der Waals surface area contributed by atoms with Crippen molar-refractivity contribution in [1.29, 1.82) is 0 Å². The zero-order chi connectivity index (χ0) is 14.8. The topological polar surface area (TPSA) is 66.8 Å². The van der Waals surface area contributed by atoms with Crippen molar-refractivity contribution in [3.63, 3.8) is 0 Å². The van der Waals surface area contributed by atoms with E-state index in [1.807, 2.05) is 20.8 Å². The van der Waals surface area contributed by atoms with E-state index in [2.05, 4.69) is 0 Å². The Balaban J connectivity index is 2.90. The molecule has 0 saturated heterocycles. The number of rotatable bonds is 4. The van der Waals surface area contributed by atoms with Crippen LogP contribution in [-0.4, -0.2) is 27.7 Å². The Labute approximate surface area is 109 Å². The molecule has 0 bridgehead atoms. The Morgan fingerprint density at radius 1 is 1.21 bits per heavy atom. The molecule has 1 atom stereocenters. The van der Waals surface area contributed by atoms with Gasteiger partial charge in [-0.2, -0.15) is 8.78 Å². The number of ether oxygens (including phenoxy) is 1. The number of aliphatic hydroxyl groups excluding tert-OH is 1. The number of aliphatic carboxylic acids is 1. The van der Waals surface area contributed by atoms with E-state index in [4.69, 9.17) is 9.84 Å². The molecule has 0 spiro atoms. The molecule has 0 radical (unpaired) electrons. The van der Waals surface area contributed by atoms with Crippen LogP contribution in [0.1, 0.15) is 32.4 Å². The molecule has 0 aliphatic heterocycles. The molecule has 0 saturated carbocycles. The first-order chi connectivity index (χ1) is 8.54. The van der Waals surface area contributed by atoms with Crippen LogP contribution in [0.5, 0.6) is 5.75 Å². The second-order valence-electron chi connectivity index (χ2n) is 5.11. The van der Waals surface area contributed by atoms with E-state index in [1.54, 1.807) is 0 Å². The van der Waals surface area contributed by atoms with Crippen LogP contribution in [0.25, 0.3) is 0 Å². The van der Waals surface area contributed by atoms with Gasteiger partial charge in [0.05, 0.1) is 0 Å². The summed E-state index contributed by atoms with van der Waals surface area (Å²) in [5.41, 5.74) is -0.626. The third-order valence-corrected chi connectivity index (χ3v) is 2.25. The van der Waals surface area contributed by atoms with Gasteiger partial charge in [0.25, 0.3) is 0 Å².